The zero-order valence-corrected chi connectivity index (χ0v) is 16.9. The largest absolute Gasteiger partial charge is 0.506 e. The Bertz CT molecular complexity index is 940. The van der Waals surface area contributed by atoms with Crippen molar-refractivity contribution in [3.8, 4) is 16.9 Å². The molecular weight excluding hydrogens is 469 g/mol. The number of phenolic OH excluding ortho intramolecular Hbond substituents is 1. The van der Waals surface area contributed by atoms with Gasteiger partial charge in [-0.05, 0) is 48.1 Å². The number of phenols is 1. The Kier molecular flexibility index (Phi) is 6.37. The monoisotopic (exact) mass is 485 g/mol. The van der Waals surface area contributed by atoms with Gasteiger partial charge in [0.2, 0.25) is 0 Å². The number of carbonyl (C=O) groups is 2. The Morgan fingerprint density at radius 2 is 1.85 bits per heavy atom. The molecule has 0 saturated heterocycles. The standard InChI is InChI=1S/C18H16INO7/c1-4-27-18(23)14-13(10-7-5-6-8-11(10)20(24)25)12(17(22)26-3)9(2)15(19)16(14)21/h5-8,21H,4H2,1-3H3. The molecule has 142 valence electrons. The molecule has 8 nitrogen and oxygen atoms in total. The number of carbonyl (C=O) groups excluding carboxylic acids is 2. The number of nitrogens with zero attached hydrogens (tertiary/aromatic N) is 1. The van der Waals surface area contributed by atoms with E-state index in [1.165, 1.54) is 24.3 Å². The zero-order valence-electron chi connectivity index (χ0n) is 14.7. The van der Waals surface area contributed by atoms with Crippen molar-refractivity contribution < 1.29 is 29.1 Å². The van der Waals surface area contributed by atoms with Crippen LogP contribution in [0.25, 0.3) is 11.1 Å². The first-order valence-corrected chi connectivity index (χ1v) is 8.88. The van der Waals surface area contributed by atoms with Gasteiger partial charge in [0.25, 0.3) is 5.69 Å². The first kappa shape index (κ1) is 20.6. The maximum atomic E-state index is 12.6. The topological polar surface area (TPSA) is 116 Å². The lowest BCUT2D eigenvalue weighted by atomic mass is 9.89. The van der Waals surface area contributed by atoms with E-state index in [0.717, 1.165) is 7.11 Å². The van der Waals surface area contributed by atoms with Gasteiger partial charge in [-0.1, -0.05) is 12.1 Å². The Morgan fingerprint density at radius 3 is 2.41 bits per heavy atom. The number of hydrogen-bond donors (Lipinski definition) is 1. The van der Waals surface area contributed by atoms with Crippen molar-refractivity contribution in [3.05, 3.63) is 54.6 Å². The summed E-state index contributed by atoms with van der Waals surface area (Å²) in [6.45, 7) is 3.16. The summed E-state index contributed by atoms with van der Waals surface area (Å²) in [6, 6.07) is 5.63. The van der Waals surface area contributed by atoms with Gasteiger partial charge in [-0.3, -0.25) is 10.1 Å². The third kappa shape index (κ3) is 3.72. The van der Waals surface area contributed by atoms with Gasteiger partial charge in [0, 0.05) is 11.6 Å². The van der Waals surface area contributed by atoms with Crippen LogP contribution in [0.2, 0.25) is 0 Å². The quantitative estimate of drug-likeness (QED) is 0.296. The van der Waals surface area contributed by atoms with Gasteiger partial charge in [0.1, 0.15) is 11.3 Å². The number of nitro groups is 1. The van der Waals surface area contributed by atoms with E-state index in [4.69, 9.17) is 9.47 Å². The molecule has 0 bridgehead atoms. The minimum atomic E-state index is -0.897. The molecule has 0 amide bonds. The summed E-state index contributed by atoms with van der Waals surface area (Å²) in [7, 11) is 1.16. The summed E-state index contributed by atoms with van der Waals surface area (Å²) in [5, 5.41) is 22.1. The molecule has 0 fully saturated rings. The lowest BCUT2D eigenvalue weighted by Gasteiger charge is -2.19. The van der Waals surface area contributed by atoms with Gasteiger partial charge in [-0.25, -0.2) is 9.59 Å². The fourth-order valence-electron chi connectivity index (χ4n) is 2.70. The first-order valence-electron chi connectivity index (χ1n) is 7.80. The molecule has 1 N–H and O–H groups in total. The SMILES string of the molecule is CCOC(=O)c1c(O)c(I)c(C)c(C(=O)OC)c1-c1ccccc1[N+](=O)[O-]. The highest BCUT2D eigenvalue weighted by atomic mass is 127. The predicted molar refractivity (Wildman–Crippen MR) is 105 cm³/mol. The van der Waals surface area contributed by atoms with Crippen LogP contribution in [0.1, 0.15) is 33.2 Å². The van der Waals surface area contributed by atoms with Crippen molar-refractivity contribution in [2.45, 2.75) is 13.8 Å². The molecule has 0 unspecified atom stereocenters. The minimum Gasteiger partial charge on any atom is -0.506 e. The molecular formula is C18H16INO7. The fraction of sp³-hybridized carbons (Fsp3) is 0.222. The number of hydrogen-bond acceptors (Lipinski definition) is 7. The van der Waals surface area contributed by atoms with Crippen LogP contribution in [0.5, 0.6) is 5.75 Å². The summed E-state index contributed by atoms with van der Waals surface area (Å²) in [6.07, 6.45) is 0. The van der Waals surface area contributed by atoms with Crippen LogP contribution < -0.4 is 0 Å². The molecule has 0 aliphatic rings. The van der Waals surface area contributed by atoms with Crippen molar-refractivity contribution in [3.63, 3.8) is 0 Å². The van der Waals surface area contributed by atoms with Crippen LogP contribution in [0, 0.1) is 20.6 Å². The highest BCUT2D eigenvalue weighted by Crippen LogP contribution is 2.43. The summed E-state index contributed by atoms with van der Waals surface area (Å²) in [5.41, 5.74) is -0.447. The van der Waals surface area contributed by atoms with E-state index in [9.17, 15) is 24.8 Å². The maximum absolute atomic E-state index is 12.6. The molecule has 9 heteroatoms. The lowest BCUT2D eigenvalue weighted by Crippen LogP contribution is -2.15. The first-order chi connectivity index (χ1) is 12.8. The van der Waals surface area contributed by atoms with Gasteiger partial charge < -0.3 is 14.6 Å². The summed E-state index contributed by atoms with van der Waals surface area (Å²) >= 11 is 1.79. The molecule has 2 rings (SSSR count). The van der Waals surface area contributed by atoms with Crippen LogP contribution in [0.15, 0.2) is 24.3 Å². The lowest BCUT2D eigenvalue weighted by molar-refractivity contribution is -0.384. The predicted octanol–water partition coefficient (Wildman–Crippen LogP) is 3.84. The van der Waals surface area contributed by atoms with Crippen molar-refractivity contribution >= 4 is 40.2 Å². The minimum absolute atomic E-state index is 0.000697. The van der Waals surface area contributed by atoms with E-state index >= 15 is 0 Å². The number of nitro benzene ring substituents is 1. The van der Waals surface area contributed by atoms with Gasteiger partial charge in [0.05, 0.1) is 33.3 Å². The van der Waals surface area contributed by atoms with Crippen LogP contribution in [0.4, 0.5) is 5.69 Å². The van der Waals surface area contributed by atoms with E-state index in [0.29, 0.717) is 5.56 Å². The van der Waals surface area contributed by atoms with E-state index in [1.807, 2.05) is 0 Å². The Labute approximate surface area is 168 Å². The Hall–Kier alpha value is -2.69. The van der Waals surface area contributed by atoms with Crippen molar-refractivity contribution in [1.29, 1.82) is 0 Å². The molecule has 0 aliphatic heterocycles. The molecule has 2 aromatic carbocycles. The molecule has 2 aromatic rings. The number of aromatic hydroxyl groups is 1. The highest BCUT2D eigenvalue weighted by Gasteiger charge is 2.33. The van der Waals surface area contributed by atoms with E-state index in [2.05, 4.69) is 0 Å². The molecule has 0 saturated carbocycles. The molecule has 0 heterocycles. The zero-order chi connectivity index (χ0) is 20.3. The summed E-state index contributed by atoms with van der Waals surface area (Å²) in [5.74, 6) is -2.09. The number of methoxy groups -OCH3 is 1. The van der Waals surface area contributed by atoms with E-state index in [-0.39, 0.29) is 38.1 Å². The van der Waals surface area contributed by atoms with Gasteiger partial charge in [-0.15, -0.1) is 0 Å². The summed E-state index contributed by atoms with van der Waals surface area (Å²) < 4.78 is 10.1. The third-order valence-electron chi connectivity index (χ3n) is 3.89. The number of rotatable bonds is 5. The molecule has 0 aromatic heterocycles. The average molecular weight is 485 g/mol. The number of halogens is 1. The smallest absolute Gasteiger partial charge is 0.342 e. The molecule has 0 spiro atoms. The second kappa shape index (κ2) is 8.33. The van der Waals surface area contributed by atoms with E-state index in [1.54, 1.807) is 36.4 Å². The van der Waals surface area contributed by atoms with Gasteiger partial charge in [0.15, 0.2) is 0 Å². The van der Waals surface area contributed by atoms with Crippen LogP contribution in [0.3, 0.4) is 0 Å². The third-order valence-corrected chi connectivity index (χ3v) is 5.21. The fourth-order valence-corrected chi connectivity index (χ4v) is 3.24. The maximum Gasteiger partial charge on any atom is 0.342 e. The van der Waals surface area contributed by atoms with Crippen LogP contribution in [-0.2, 0) is 9.47 Å². The van der Waals surface area contributed by atoms with Crippen LogP contribution >= 0.6 is 22.6 Å². The number of para-hydroxylation sites is 1. The van der Waals surface area contributed by atoms with E-state index < -0.39 is 22.6 Å². The molecule has 0 radical (unpaired) electrons. The van der Waals surface area contributed by atoms with Gasteiger partial charge in [-0.2, -0.15) is 0 Å². The summed E-state index contributed by atoms with van der Waals surface area (Å²) in [4.78, 5) is 35.9. The molecule has 0 atom stereocenters. The molecule has 27 heavy (non-hydrogen) atoms. The second-order valence-corrected chi connectivity index (χ2v) is 6.48. The molecule has 0 aliphatic carbocycles. The van der Waals surface area contributed by atoms with Crippen molar-refractivity contribution in [2.75, 3.05) is 13.7 Å². The number of esters is 2. The van der Waals surface area contributed by atoms with Crippen LogP contribution in [-0.4, -0.2) is 35.7 Å². The van der Waals surface area contributed by atoms with Gasteiger partial charge >= 0.3 is 11.9 Å². The van der Waals surface area contributed by atoms with Crippen molar-refractivity contribution in [1.82, 2.24) is 0 Å². The highest BCUT2D eigenvalue weighted by molar-refractivity contribution is 14.1. The average Bonchev–Trinajstić information content (AvgIpc) is 2.65. The Balaban J connectivity index is 3.07. The normalized spacial score (nSPS) is 10.4. The second-order valence-electron chi connectivity index (χ2n) is 5.40. The number of benzene rings is 2. The number of ether oxygens (including phenoxy) is 2. The van der Waals surface area contributed by atoms with Crippen molar-refractivity contribution in [2.24, 2.45) is 0 Å². The Morgan fingerprint density at radius 1 is 1.22 bits per heavy atom.